The molecule has 0 unspecified atom stereocenters. The molecule has 3 aromatic carbocycles. The summed E-state index contributed by atoms with van der Waals surface area (Å²) in [5, 5.41) is 3.12. The molecular formula is C35H28Cl2F3N2O3P. The Bertz CT molecular complexity index is 1700. The first-order valence-corrected chi connectivity index (χ1v) is 15.8. The van der Waals surface area contributed by atoms with Gasteiger partial charge in [-0.2, -0.15) is 0 Å². The van der Waals surface area contributed by atoms with Crippen molar-refractivity contribution < 1.29 is 28.9 Å². The molecule has 2 heterocycles. The molecule has 0 saturated heterocycles. The zero-order valence-corrected chi connectivity index (χ0v) is 26.5. The third-order valence-electron chi connectivity index (χ3n) is 6.01. The third-order valence-corrected chi connectivity index (χ3v) is 10.4. The van der Waals surface area contributed by atoms with Crippen LogP contribution < -0.4 is 15.9 Å². The summed E-state index contributed by atoms with van der Waals surface area (Å²) in [6.07, 6.45) is 7.06. The number of aldehydes is 3. The van der Waals surface area contributed by atoms with E-state index >= 15 is 0 Å². The molecule has 0 atom stereocenters. The highest BCUT2D eigenvalue weighted by molar-refractivity contribution is 7.95. The molecule has 0 spiro atoms. The fourth-order valence-electron chi connectivity index (χ4n) is 4.01. The van der Waals surface area contributed by atoms with E-state index in [9.17, 15) is 27.6 Å². The maximum atomic E-state index is 13.0. The van der Waals surface area contributed by atoms with Crippen molar-refractivity contribution in [1.82, 2.24) is 9.97 Å². The van der Waals surface area contributed by atoms with Gasteiger partial charge in [0.25, 0.3) is 0 Å². The Morgan fingerprint density at radius 2 is 1.04 bits per heavy atom. The van der Waals surface area contributed by atoms with Crippen molar-refractivity contribution in [3.63, 3.8) is 0 Å². The van der Waals surface area contributed by atoms with E-state index in [-0.39, 0.29) is 21.4 Å². The predicted octanol–water partition coefficient (Wildman–Crippen LogP) is 7.34. The quantitative estimate of drug-likeness (QED) is 0.0777. The van der Waals surface area contributed by atoms with Crippen molar-refractivity contribution in [1.29, 1.82) is 0 Å². The molecule has 0 bridgehead atoms. The number of hydrogen-bond donors (Lipinski definition) is 0. The first kappa shape index (κ1) is 35.9. The summed E-state index contributed by atoms with van der Waals surface area (Å²) in [4.78, 5) is 38.4. The van der Waals surface area contributed by atoms with Crippen molar-refractivity contribution in [2.75, 3.05) is 7.15 Å². The number of carbonyl (C=O) groups excluding carboxylic acids is 3. The second-order valence-electron chi connectivity index (χ2n) is 8.64. The lowest BCUT2D eigenvalue weighted by atomic mass is 10.2. The Labute approximate surface area is 276 Å². The van der Waals surface area contributed by atoms with Crippen LogP contribution in [0.3, 0.4) is 0 Å². The maximum Gasteiger partial charge on any atom is 0.170 e. The molecule has 5 rings (SSSR count). The lowest BCUT2D eigenvalue weighted by molar-refractivity contribution is -0.104. The van der Waals surface area contributed by atoms with Gasteiger partial charge in [-0.1, -0.05) is 114 Å². The number of benzene rings is 3. The van der Waals surface area contributed by atoms with Crippen molar-refractivity contribution in [3.8, 4) is 0 Å². The van der Waals surface area contributed by atoms with Gasteiger partial charge in [0.1, 0.15) is 12.6 Å². The first-order valence-electron chi connectivity index (χ1n) is 13.9. The summed E-state index contributed by atoms with van der Waals surface area (Å²) < 4.78 is 41.0. The molecule has 0 saturated carbocycles. The topological polar surface area (TPSA) is 77.0 Å². The van der Waals surface area contributed by atoms with Crippen LogP contribution in [0.1, 0.15) is 17.3 Å². The minimum absolute atomic E-state index is 0.0694. The van der Waals surface area contributed by atoms with Gasteiger partial charge < -0.3 is 0 Å². The second kappa shape index (κ2) is 20.4. The lowest BCUT2D eigenvalue weighted by Gasteiger charge is -2.27. The van der Waals surface area contributed by atoms with Gasteiger partial charge in [0, 0.05) is 18.0 Å². The summed E-state index contributed by atoms with van der Waals surface area (Å²) in [7, 11) is -1.00. The molecule has 0 aliphatic carbocycles. The summed E-state index contributed by atoms with van der Waals surface area (Å²) in [5.74, 6) is 0.476. The number of alkyl halides is 1. The number of aromatic nitrogens is 2. The molecule has 5 aromatic rings. The fourth-order valence-corrected chi connectivity index (χ4v) is 7.86. The normalized spacial score (nSPS) is 10.4. The van der Waals surface area contributed by atoms with E-state index < -0.39 is 25.7 Å². The Hall–Kier alpha value is -4.62. The summed E-state index contributed by atoms with van der Waals surface area (Å²) in [6.45, 7) is -2.05. The van der Waals surface area contributed by atoms with E-state index in [0.717, 1.165) is 6.29 Å². The Balaban J connectivity index is 0.000000259. The highest BCUT2D eigenvalue weighted by Gasteiger charge is 2.24. The average Bonchev–Trinajstić information content (AvgIpc) is 3.11. The van der Waals surface area contributed by atoms with Crippen molar-refractivity contribution in [3.05, 3.63) is 155 Å². The van der Waals surface area contributed by atoms with Crippen molar-refractivity contribution >= 4 is 76.7 Å². The summed E-state index contributed by atoms with van der Waals surface area (Å²) in [6, 6.07) is 33.6. The Kier molecular flexibility index (Phi) is 15.9. The standard InChI is InChI=1S/C20H17OP.C8H5ClFNO.C6H3ClFNO.CH3F/c21-16-17-22(18-10-4-1-5-11-18,19-12-6-2-7-13-19)20-14-8-3-9-15-20;9-8-7(10)6(2-1-5-12)3-4-11-8;7-6-5(8)4(3-10)1-2-9-6;1-2/h1-17H;1-5H;1-3H;1H3/b;2-1+;;/i;;;1D. The van der Waals surface area contributed by atoms with Gasteiger partial charge in [0.05, 0.1) is 14.1 Å². The van der Waals surface area contributed by atoms with Gasteiger partial charge in [0.2, 0.25) is 0 Å². The van der Waals surface area contributed by atoms with Gasteiger partial charge >= 0.3 is 0 Å². The molecule has 0 radical (unpaired) electrons. The van der Waals surface area contributed by atoms with Crippen LogP contribution in [-0.4, -0.2) is 41.8 Å². The van der Waals surface area contributed by atoms with E-state index in [1.165, 1.54) is 52.6 Å². The maximum absolute atomic E-state index is 13.0. The van der Waals surface area contributed by atoms with E-state index in [1.54, 1.807) is 0 Å². The molecule has 0 aliphatic rings. The van der Waals surface area contributed by atoms with Gasteiger partial charge in [0.15, 0.2) is 28.2 Å². The predicted molar refractivity (Wildman–Crippen MR) is 183 cm³/mol. The number of nitrogens with zero attached hydrogens (tertiary/aromatic N) is 2. The Morgan fingerprint density at radius 3 is 1.39 bits per heavy atom. The summed E-state index contributed by atoms with van der Waals surface area (Å²) in [5.41, 5.74) is 0.183. The molecule has 0 N–H and O–H groups in total. The smallest absolute Gasteiger partial charge is 0.170 e. The van der Waals surface area contributed by atoms with E-state index in [2.05, 4.69) is 46.4 Å². The van der Waals surface area contributed by atoms with Gasteiger partial charge in [-0.25, -0.2) is 18.7 Å². The van der Waals surface area contributed by atoms with Crippen LogP contribution in [0.2, 0.25) is 10.3 Å². The lowest BCUT2D eigenvalue weighted by Crippen LogP contribution is -2.27. The molecule has 11 heteroatoms. The molecule has 0 amide bonds. The number of halogens is 5. The number of pyridine rings is 2. The van der Waals surface area contributed by atoms with Crippen LogP contribution in [0.5, 0.6) is 0 Å². The molecular weight excluding hydrogens is 655 g/mol. The Morgan fingerprint density at radius 1 is 0.652 bits per heavy atom. The van der Waals surface area contributed by atoms with Gasteiger partial charge in [-0.15, -0.1) is 0 Å². The number of allylic oxidation sites excluding steroid dienone is 1. The van der Waals surface area contributed by atoms with Crippen molar-refractivity contribution in [2.24, 2.45) is 0 Å². The van der Waals surface area contributed by atoms with Crippen LogP contribution in [0.25, 0.3) is 6.08 Å². The number of hydrogen-bond acceptors (Lipinski definition) is 5. The van der Waals surface area contributed by atoms with Crippen LogP contribution in [0, 0.1) is 11.6 Å². The van der Waals surface area contributed by atoms with Crippen LogP contribution in [0.15, 0.2) is 122 Å². The molecule has 0 fully saturated rings. The molecule has 2 aromatic heterocycles. The minimum atomic E-state index is -2.05. The zero-order valence-electron chi connectivity index (χ0n) is 25.1. The monoisotopic (exact) mass is 683 g/mol. The average molecular weight is 685 g/mol. The van der Waals surface area contributed by atoms with E-state index in [1.807, 2.05) is 60.4 Å². The molecule has 46 heavy (non-hydrogen) atoms. The molecule has 5 nitrogen and oxygen atoms in total. The van der Waals surface area contributed by atoms with E-state index in [4.69, 9.17) is 24.6 Å². The first-order chi connectivity index (χ1) is 22.8. The van der Waals surface area contributed by atoms with Crippen LogP contribution >= 0.6 is 30.1 Å². The second-order valence-corrected chi connectivity index (χ2v) is 12.6. The third kappa shape index (κ3) is 10.2. The summed E-state index contributed by atoms with van der Waals surface area (Å²) >= 11 is 10.6. The minimum Gasteiger partial charge on any atom is -0.299 e. The van der Waals surface area contributed by atoms with Gasteiger partial charge in [-0.3, -0.25) is 18.8 Å². The van der Waals surface area contributed by atoms with Crippen molar-refractivity contribution in [2.45, 2.75) is 0 Å². The number of carbonyl (C=O) groups is 3. The van der Waals surface area contributed by atoms with E-state index in [0.29, 0.717) is 12.6 Å². The molecule has 0 aliphatic heterocycles. The largest absolute Gasteiger partial charge is 0.299 e. The highest BCUT2D eigenvalue weighted by atomic mass is 35.5. The highest BCUT2D eigenvalue weighted by Crippen LogP contribution is 2.43. The molecule has 236 valence electrons. The zero-order chi connectivity index (χ0) is 34.5. The number of rotatable bonds is 7. The van der Waals surface area contributed by atoms with Crippen LogP contribution in [0.4, 0.5) is 13.2 Å². The SMILES string of the molecule is O=C/C=C/c1ccnc(Cl)c1F.O=CC=P(c1ccccc1)(c1ccccc1)c1ccccc1.O=Cc1ccnc(Cl)c1F.[2H]CF. The van der Waals surface area contributed by atoms with Crippen LogP contribution in [-0.2, 0) is 9.59 Å². The van der Waals surface area contributed by atoms with Gasteiger partial charge in [-0.05, 0) is 52.9 Å². The fraction of sp³-hybridized carbons (Fsp3) is 0.0286.